The molecule has 0 aliphatic rings. The molecule has 0 radical (unpaired) electrons. The smallest absolute Gasteiger partial charge is 0.244 e. The maximum Gasteiger partial charge on any atom is 0.244 e. The van der Waals surface area contributed by atoms with Crippen LogP contribution in [0.4, 0.5) is 0 Å². The molecule has 2 aromatic rings. The van der Waals surface area contributed by atoms with E-state index < -0.39 is 12.1 Å². The first-order valence-electron chi connectivity index (χ1n) is 7.44. The van der Waals surface area contributed by atoms with Gasteiger partial charge in [-0.25, -0.2) is 0 Å². The monoisotopic (exact) mass is 301 g/mol. The summed E-state index contributed by atoms with van der Waals surface area (Å²) < 4.78 is 1.70. The molecular formula is C17H23N3O2. The molecule has 118 valence electrons. The number of nitrogens with one attached hydrogen (secondary N) is 1. The Morgan fingerprint density at radius 2 is 2.00 bits per heavy atom. The van der Waals surface area contributed by atoms with Crippen molar-refractivity contribution in [1.29, 1.82) is 0 Å². The van der Waals surface area contributed by atoms with E-state index in [1.54, 1.807) is 11.6 Å². The van der Waals surface area contributed by atoms with Crippen LogP contribution in [0.15, 0.2) is 30.3 Å². The number of benzene rings is 1. The van der Waals surface area contributed by atoms with E-state index in [1.807, 2.05) is 51.1 Å². The first-order chi connectivity index (χ1) is 10.4. The number of rotatable bonds is 5. The molecule has 2 atom stereocenters. The second-order valence-corrected chi connectivity index (χ2v) is 5.67. The summed E-state index contributed by atoms with van der Waals surface area (Å²) in [6.07, 6.45) is -0.710. The molecule has 5 nitrogen and oxygen atoms in total. The number of carbonyl (C=O) groups is 1. The highest BCUT2D eigenvalue weighted by atomic mass is 16.3. The molecule has 5 heteroatoms. The van der Waals surface area contributed by atoms with Crippen LogP contribution < -0.4 is 5.32 Å². The zero-order chi connectivity index (χ0) is 16.3. The molecule has 22 heavy (non-hydrogen) atoms. The van der Waals surface area contributed by atoms with Gasteiger partial charge < -0.3 is 10.4 Å². The van der Waals surface area contributed by atoms with Crippen molar-refractivity contribution >= 4 is 5.91 Å². The fourth-order valence-electron chi connectivity index (χ4n) is 2.56. The first kappa shape index (κ1) is 16.2. The number of carbonyl (C=O) groups excluding carboxylic acids is 1. The molecule has 0 fully saturated rings. The van der Waals surface area contributed by atoms with Crippen LogP contribution in [-0.2, 0) is 4.79 Å². The van der Waals surface area contributed by atoms with Gasteiger partial charge in [-0.05, 0) is 44.9 Å². The lowest BCUT2D eigenvalue weighted by molar-refractivity contribution is -0.124. The highest BCUT2D eigenvalue weighted by molar-refractivity contribution is 5.79. The first-order valence-corrected chi connectivity index (χ1v) is 7.44. The van der Waals surface area contributed by atoms with E-state index in [-0.39, 0.29) is 12.5 Å². The molecule has 0 aliphatic heterocycles. The second kappa shape index (κ2) is 6.75. The van der Waals surface area contributed by atoms with Crippen molar-refractivity contribution in [2.75, 3.05) is 6.54 Å². The van der Waals surface area contributed by atoms with Crippen LogP contribution in [0, 0.1) is 20.8 Å². The Labute approximate surface area is 131 Å². The summed E-state index contributed by atoms with van der Waals surface area (Å²) in [4.78, 5) is 12.2. The minimum atomic E-state index is -0.710. The van der Waals surface area contributed by atoms with Gasteiger partial charge in [-0.2, -0.15) is 5.10 Å². The van der Waals surface area contributed by atoms with Crippen LogP contribution >= 0.6 is 0 Å². The van der Waals surface area contributed by atoms with Crippen molar-refractivity contribution in [3.05, 3.63) is 52.8 Å². The van der Waals surface area contributed by atoms with E-state index in [2.05, 4.69) is 10.4 Å². The van der Waals surface area contributed by atoms with Gasteiger partial charge in [0.05, 0.1) is 11.8 Å². The second-order valence-electron chi connectivity index (χ2n) is 5.67. The highest BCUT2D eigenvalue weighted by Gasteiger charge is 2.19. The van der Waals surface area contributed by atoms with Crippen LogP contribution in [0.5, 0.6) is 0 Å². The zero-order valence-electron chi connectivity index (χ0n) is 13.5. The molecule has 0 saturated carbocycles. The van der Waals surface area contributed by atoms with E-state index in [0.29, 0.717) is 0 Å². The SMILES string of the molecule is Cc1cc(C)n(C(C)C(=O)NCC(O)c2ccccc2C)n1. The van der Waals surface area contributed by atoms with Gasteiger partial charge in [-0.3, -0.25) is 9.48 Å². The quantitative estimate of drug-likeness (QED) is 0.890. The Balaban J connectivity index is 1.98. The molecule has 2 N–H and O–H groups in total. The Bertz CT molecular complexity index is 664. The number of amides is 1. The summed E-state index contributed by atoms with van der Waals surface area (Å²) in [7, 11) is 0. The topological polar surface area (TPSA) is 67.2 Å². The van der Waals surface area contributed by atoms with Gasteiger partial charge >= 0.3 is 0 Å². The van der Waals surface area contributed by atoms with E-state index in [4.69, 9.17) is 0 Å². The largest absolute Gasteiger partial charge is 0.387 e. The summed E-state index contributed by atoms with van der Waals surface area (Å²) in [6.45, 7) is 7.75. The molecule has 1 aromatic heterocycles. The Morgan fingerprint density at radius 3 is 2.59 bits per heavy atom. The van der Waals surface area contributed by atoms with Gasteiger partial charge in [0, 0.05) is 12.2 Å². The average molecular weight is 301 g/mol. The summed E-state index contributed by atoms with van der Waals surface area (Å²) in [5, 5.41) is 17.3. The third-order valence-electron chi connectivity index (χ3n) is 3.81. The van der Waals surface area contributed by atoms with Crippen molar-refractivity contribution in [2.45, 2.75) is 39.8 Å². The standard InChI is InChI=1S/C17H23N3O2/c1-11-7-5-6-8-15(11)16(21)10-18-17(22)14(4)20-13(3)9-12(2)19-20/h5-9,14,16,21H,10H2,1-4H3,(H,18,22). The van der Waals surface area contributed by atoms with Crippen molar-refractivity contribution in [3.8, 4) is 0 Å². The Kier molecular flexibility index (Phi) is 4.98. The maximum absolute atomic E-state index is 12.2. The number of hydrogen-bond donors (Lipinski definition) is 2. The molecule has 2 rings (SSSR count). The average Bonchev–Trinajstić information content (AvgIpc) is 2.82. The van der Waals surface area contributed by atoms with Gasteiger partial charge in [0.1, 0.15) is 6.04 Å². The Morgan fingerprint density at radius 1 is 1.32 bits per heavy atom. The maximum atomic E-state index is 12.2. The Hall–Kier alpha value is -2.14. The van der Waals surface area contributed by atoms with Gasteiger partial charge in [-0.15, -0.1) is 0 Å². The lowest BCUT2D eigenvalue weighted by Gasteiger charge is -2.18. The molecular weight excluding hydrogens is 278 g/mol. The number of aromatic nitrogens is 2. The minimum Gasteiger partial charge on any atom is -0.387 e. The van der Waals surface area contributed by atoms with Crippen LogP contribution in [0.25, 0.3) is 0 Å². The predicted octanol–water partition coefficient (Wildman–Crippen LogP) is 2.22. The van der Waals surface area contributed by atoms with Crippen LogP contribution in [0.3, 0.4) is 0 Å². The molecule has 1 aromatic carbocycles. The van der Waals surface area contributed by atoms with Gasteiger partial charge in [0.2, 0.25) is 5.91 Å². The third kappa shape index (κ3) is 3.54. The molecule has 2 unspecified atom stereocenters. The van der Waals surface area contributed by atoms with E-state index in [9.17, 15) is 9.90 Å². The number of nitrogens with zero attached hydrogens (tertiary/aromatic N) is 2. The summed E-state index contributed by atoms with van der Waals surface area (Å²) in [5.74, 6) is -0.154. The molecule has 0 bridgehead atoms. The van der Waals surface area contributed by atoms with Crippen molar-refractivity contribution in [3.63, 3.8) is 0 Å². The molecule has 0 spiro atoms. The minimum absolute atomic E-state index is 0.154. The van der Waals surface area contributed by atoms with Crippen LogP contribution in [0.2, 0.25) is 0 Å². The number of aliphatic hydroxyl groups excluding tert-OH is 1. The number of aryl methyl sites for hydroxylation is 3. The number of hydrogen-bond acceptors (Lipinski definition) is 3. The lowest BCUT2D eigenvalue weighted by Crippen LogP contribution is -2.34. The number of aliphatic hydroxyl groups is 1. The van der Waals surface area contributed by atoms with E-state index >= 15 is 0 Å². The third-order valence-corrected chi connectivity index (χ3v) is 3.81. The van der Waals surface area contributed by atoms with E-state index in [1.165, 1.54) is 0 Å². The van der Waals surface area contributed by atoms with Gasteiger partial charge in [0.25, 0.3) is 0 Å². The van der Waals surface area contributed by atoms with E-state index in [0.717, 1.165) is 22.5 Å². The summed E-state index contributed by atoms with van der Waals surface area (Å²) in [5.41, 5.74) is 3.68. The zero-order valence-corrected chi connectivity index (χ0v) is 13.5. The fourth-order valence-corrected chi connectivity index (χ4v) is 2.56. The molecule has 1 heterocycles. The predicted molar refractivity (Wildman–Crippen MR) is 85.6 cm³/mol. The fraction of sp³-hybridized carbons (Fsp3) is 0.412. The van der Waals surface area contributed by atoms with Crippen LogP contribution in [-0.4, -0.2) is 27.3 Å². The summed E-state index contributed by atoms with van der Waals surface area (Å²) in [6, 6.07) is 9.15. The molecule has 1 amide bonds. The van der Waals surface area contributed by atoms with Gasteiger partial charge in [-0.1, -0.05) is 24.3 Å². The normalized spacial score (nSPS) is 13.7. The van der Waals surface area contributed by atoms with Crippen molar-refractivity contribution in [1.82, 2.24) is 15.1 Å². The summed E-state index contributed by atoms with van der Waals surface area (Å²) >= 11 is 0. The molecule has 0 aliphatic carbocycles. The van der Waals surface area contributed by atoms with Gasteiger partial charge in [0.15, 0.2) is 0 Å². The van der Waals surface area contributed by atoms with Crippen molar-refractivity contribution < 1.29 is 9.90 Å². The lowest BCUT2D eigenvalue weighted by atomic mass is 10.0. The van der Waals surface area contributed by atoms with Crippen LogP contribution in [0.1, 0.15) is 41.6 Å². The molecule has 0 saturated heterocycles. The van der Waals surface area contributed by atoms with Crippen molar-refractivity contribution in [2.24, 2.45) is 0 Å². The highest BCUT2D eigenvalue weighted by Crippen LogP contribution is 2.17.